The molecule has 10 heteroatoms. The molecular formula is C16H12ClF3N2O4. The zero-order chi connectivity index (χ0) is 19.3. The minimum atomic E-state index is -4.53. The number of benzene rings is 2. The van der Waals surface area contributed by atoms with Gasteiger partial charge in [0.1, 0.15) is 17.2 Å². The predicted octanol–water partition coefficient (Wildman–Crippen LogP) is 5.59. The fraction of sp³-hybridized carbons (Fsp3) is 0.125. The lowest BCUT2D eigenvalue weighted by Crippen LogP contribution is -2.05. The van der Waals surface area contributed by atoms with E-state index in [9.17, 15) is 23.3 Å². The first kappa shape index (κ1) is 19.5. The van der Waals surface area contributed by atoms with Crippen molar-refractivity contribution in [3.05, 3.63) is 69.8 Å². The molecule has 1 N–H and O–H groups in total. The molecule has 0 aliphatic heterocycles. The third-order valence-electron chi connectivity index (χ3n) is 3.04. The average Bonchev–Trinajstić information content (AvgIpc) is 2.56. The molecule has 0 spiro atoms. The van der Waals surface area contributed by atoms with Gasteiger partial charge in [0.05, 0.1) is 22.1 Å². The van der Waals surface area contributed by atoms with Crippen molar-refractivity contribution in [1.82, 2.24) is 0 Å². The highest BCUT2D eigenvalue weighted by Crippen LogP contribution is 2.37. The summed E-state index contributed by atoms with van der Waals surface area (Å²) < 4.78 is 43.4. The van der Waals surface area contributed by atoms with Crippen molar-refractivity contribution < 1.29 is 27.7 Å². The van der Waals surface area contributed by atoms with E-state index in [1.807, 2.05) is 0 Å². The summed E-state index contributed by atoms with van der Waals surface area (Å²) in [4.78, 5) is 15.4. The average molecular weight is 389 g/mol. The second-order valence-corrected chi connectivity index (χ2v) is 5.29. The minimum Gasteiger partial charge on any atom is -0.456 e. The fourth-order valence-corrected chi connectivity index (χ4v) is 2.10. The van der Waals surface area contributed by atoms with Crippen molar-refractivity contribution in [2.75, 3.05) is 12.1 Å². The Morgan fingerprint density at radius 1 is 1.27 bits per heavy atom. The van der Waals surface area contributed by atoms with E-state index in [0.29, 0.717) is 0 Å². The molecule has 6 nitrogen and oxygen atoms in total. The molecule has 2 rings (SSSR count). The lowest BCUT2D eigenvalue weighted by molar-refractivity contribution is -0.384. The van der Waals surface area contributed by atoms with E-state index in [1.165, 1.54) is 18.2 Å². The van der Waals surface area contributed by atoms with Crippen LogP contribution in [0.3, 0.4) is 0 Å². The molecule has 0 saturated heterocycles. The number of nitrogens with zero attached hydrogens (tertiary/aromatic N) is 1. The smallest absolute Gasteiger partial charge is 0.416 e. The largest absolute Gasteiger partial charge is 0.456 e. The monoisotopic (exact) mass is 388 g/mol. The summed E-state index contributed by atoms with van der Waals surface area (Å²) in [5.41, 5.74) is 1.19. The number of anilines is 1. The van der Waals surface area contributed by atoms with Crippen molar-refractivity contribution >= 4 is 23.0 Å². The number of rotatable bonds is 7. The van der Waals surface area contributed by atoms with Crippen molar-refractivity contribution in [3.8, 4) is 11.5 Å². The highest BCUT2D eigenvalue weighted by atomic mass is 35.5. The van der Waals surface area contributed by atoms with E-state index in [-0.39, 0.29) is 34.5 Å². The minimum absolute atomic E-state index is 0.00242. The van der Waals surface area contributed by atoms with Gasteiger partial charge in [0.15, 0.2) is 0 Å². The molecule has 0 bridgehead atoms. The molecule has 2 aromatic carbocycles. The van der Waals surface area contributed by atoms with Gasteiger partial charge in [0.2, 0.25) is 0 Å². The Kier molecular flexibility index (Phi) is 6.06. The van der Waals surface area contributed by atoms with Crippen molar-refractivity contribution in [1.29, 1.82) is 0 Å². The summed E-state index contributed by atoms with van der Waals surface area (Å²) in [7, 11) is 0. The van der Waals surface area contributed by atoms with Gasteiger partial charge in [0.25, 0.3) is 5.69 Å². The summed E-state index contributed by atoms with van der Waals surface area (Å²) in [6, 6.07) is 6.31. The van der Waals surface area contributed by atoms with Gasteiger partial charge < -0.3 is 4.74 Å². The zero-order valence-electron chi connectivity index (χ0n) is 13.0. The number of hydrogen-bond acceptors (Lipinski definition) is 5. The topological polar surface area (TPSA) is 73.6 Å². The van der Waals surface area contributed by atoms with Crippen LogP contribution in [0.25, 0.3) is 0 Å². The Hall–Kier alpha value is -2.78. The van der Waals surface area contributed by atoms with Gasteiger partial charge in [-0.2, -0.15) is 13.2 Å². The third kappa shape index (κ3) is 4.87. The molecule has 0 fully saturated rings. The summed E-state index contributed by atoms with van der Waals surface area (Å²) in [6.07, 6.45) is -3.10. The maximum atomic E-state index is 12.7. The molecular weight excluding hydrogens is 377 g/mol. The van der Waals surface area contributed by atoms with Crippen LogP contribution in [-0.2, 0) is 11.0 Å². The SMILES string of the molecule is C=CCONc1cc(Oc2ccc(C(F)(F)F)cc2Cl)ccc1[N+](=O)[O-]. The molecule has 138 valence electrons. The van der Waals surface area contributed by atoms with Crippen LogP contribution in [-0.4, -0.2) is 11.5 Å². The molecule has 0 amide bonds. The maximum Gasteiger partial charge on any atom is 0.416 e. The normalized spacial score (nSPS) is 11.1. The molecule has 0 radical (unpaired) electrons. The standard InChI is InChI=1S/C16H12ClF3N2O4/c1-2-7-25-21-13-9-11(4-5-14(13)22(23)24)26-15-6-3-10(8-12(15)17)16(18,19)20/h2-6,8-9,21H,1,7H2. The molecule has 0 unspecified atom stereocenters. The van der Waals surface area contributed by atoms with Crippen molar-refractivity contribution in [3.63, 3.8) is 0 Å². The number of halogens is 4. The van der Waals surface area contributed by atoms with Gasteiger partial charge in [0, 0.05) is 12.1 Å². The van der Waals surface area contributed by atoms with Crippen LogP contribution in [0.5, 0.6) is 11.5 Å². The van der Waals surface area contributed by atoms with Gasteiger partial charge in [-0.05, 0) is 24.3 Å². The number of nitrogens with one attached hydrogen (secondary N) is 1. The Morgan fingerprint density at radius 2 is 2.00 bits per heavy atom. The van der Waals surface area contributed by atoms with Crippen LogP contribution in [0, 0.1) is 10.1 Å². The van der Waals surface area contributed by atoms with Gasteiger partial charge in [-0.3, -0.25) is 20.4 Å². The Balaban J connectivity index is 2.27. The lowest BCUT2D eigenvalue weighted by atomic mass is 10.2. The van der Waals surface area contributed by atoms with Gasteiger partial charge in [-0.25, -0.2) is 0 Å². The number of nitro groups is 1. The third-order valence-corrected chi connectivity index (χ3v) is 3.33. The Labute approximate surface area is 150 Å². The zero-order valence-corrected chi connectivity index (χ0v) is 13.8. The lowest BCUT2D eigenvalue weighted by Gasteiger charge is -2.12. The molecule has 26 heavy (non-hydrogen) atoms. The Bertz CT molecular complexity index is 828. The first-order valence-corrected chi connectivity index (χ1v) is 7.42. The maximum absolute atomic E-state index is 12.7. The van der Waals surface area contributed by atoms with Crippen LogP contribution in [0.1, 0.15) is 5.56 Å². The quantitative estimate of drug-likeness (QED) is 0.290. The first-order valence-electron chi connectivity index (χ1n) is 7.04. The second kappa shape index (κ2) is 8.07. The van der Waals surface area contributed by atoms with E-state index >= 15 is 0 Å². The number of ether oxygens (including phenoxy) is 1. The second-order valence-electron chi connectivity index (χ2n) is 4.88. The predicted molar refractivity (Wildman–Crippen MR) is 89.4 cm³/mol. The van der Waals surface area contributed by atoms with Gasteiger partial charge >= 0.3 is 6.18 Å². The molecule has 0 aliphatic rings. The highest BCUT2D eigenvalue weighted by Gasteiger charge is 2.31. The molecule has 0 atom stereocenters. The van der Waals surface area contributed by atoms with Gasteiger partial charge in [-0.15, -0.1) is 6.58 Å². The first-order chi connectivity index (χ1) is 12.2. The van der Waals surface area contributed by atoms with Crippen LogP contribution >= 0.6 is 11.6 Å². The fourth-order valence-electron chi connectivity index (χ4n) is 1.88. The molecule has 0 saturated carbocycles. The molecule has 2 aromatic rings. The van der Waals surface area contributed by atoms with E-state index in [2.05, 4.69) is 12.1 Å². The summed E-state index contributed by atoms with van der Waals surface area (Å²) in [5, 5.41) is 10.8. The number of alkyl halides is 3. The number of hydrogen-bond donors (Lipinski definition) is 1. The Morgan fingerprint density at radius 3 is 2.58 bits per heavy atom. The summed E-state index contributed by atoms with van der Waals surface area (Å²) >= 11 is 5.82. The van der Waals surface area contributed by atoms with Crippen LogP contribution in [0.2, 0.25) is 5.02 Å². The molecule has 0 aromatic heterocycles. The van der Waals surface area contributed by atoms with Crippen molar-refractivity contribution in [2.24, 2.45) is 0 Å². The van der Waals surface area contributed by atoms with Crippen LogP contribution in [0.15, 0.2) is 49.1 Å². The molecule has 0 heterocycles. The van der Waals surface area contributed by atoms with Crippen LogP contribution in [0.4, 0.5) is 24.5 Å². The van der Waals surface area contributed by atoms with Gasteiger partial charge in [-0.1, -0.05) is 17.7 Å². The van der Waals surface area contributed by atoms with E-state index in [4.69, 9.17) is 21.2 Å². The van der Waals surface area contributed by atoms with Crippen LogP contribution < -0.4 is 10.2 Å². The summed E-state index contributed by atoms with van der Waals surface area (Å²) in [5.74, 6) is 0.0773. The van der Waals surface area contributed by atoms with E-state index < -0.39 is 16.7 Å². The number of nitro benzene ring substituents is 1. The van der Waals surface area contributed by atoms with E-state index in [1.54, 1.807) is 0 Å². The highest BCUT2D eigenvalue weighted by molar-refractivity contribution is 6.32. The van der Waals surface area contributed by atoms with E-state index in [0.717, 1.165) is 24.3 Å². The molecule has 0 aliphatic carbocycles. The summed E-state index contributed by atoms with van der Waals surface area (Å²) in [6.45, 7) is 3.53. The van der Waals surface area contributed by atoms with Crippen molar-refractivity contribution in [2.45, 2.75) is 6.18 Å².